The Labute approximate surface area is 150 Å². The number of rotatable bonds is 4. The average molecular weight is 404 g/mol. The summed E-state index contributed by atoms with van der Waals surface area (Å²) in [6.07, 6.45) is -4.98. The zero-order valence-electron chi connectivity index (χ0n) is 13.7. The fraction of sp³-hybridized carbons (Fsp3) is 0.188. The number of fused-ring (bicyclic) bond motifs is 1. The first-order valence-electron chi connectivity index (χ1n) is 7.56. The summed E-state index contributed by atoms with van der Waals surface area (Å²) in [5.74, 6) is -2.18. The van der Waals surface area contributed by atoms with Gasteiger partial charge in [-0.3, -0.25) is 9.29 Å². The number of aromatic nitrogens is 1. The maximum absolute atomic E-state index is 13.3. The van der Waals surface area contributed by atoms with Gasteiger partial charge >= 0.3 is 11.9 Å². The van der Waals surface area contributed by atoms with E-state index in [1.54, 1.807) is 6.92 Å². The molecule has 0 fully saturated rings. The summed E-state index contributed by atoms with van der Waals surface area (Å²) in [7, 11) is -4.30. The number of halogens is 4. The van der Waals surface area contributed by atoms with Crippen LogP contribution >= 0.6 is 0 Å². The van der Waals surface area contributed by atoms with Crippen molar-refractivity contribution in [1.29, 1.82) is 0 Å². The Kier molecular flexibility index (Phi) is 4.50. The number of anilines is 1. The van der Waals surface area contributed by atoms with E-state index in [4.69, 9.17) is 4.42 Å². The van der Waals surface area contributed by atoms with E-state index >= 15 is 0 Å². The van der Waals surface area contributed by atoms with Crippen molar-refractivity contribution in [3.05, 3.63) is 58.3 Å². The minimum atomic E-state index is -4.98. The molecule has 0 radical (unpaired) electrons. The van der Waals surface area contributed by atoms with E-state index in [1.807, 2.05) is 4.72 Å². The maximum Gasteiger partial charge on any atom is 0.419 e. The smallest absolute Gasteiger partial charge is 0.408 e. The Morgan fingerprint density at radius 2 is 1.85 bits per heavy atom. The standard InChI is InChI=1S/C16H12F4N2O4S/c1-2-22-13-6-4-10(8-14(13)26-15(22)23)27(24,25)21-9-3-5-12(17)11(7-9)16(18,19)20/h3-8,21H,2H2,1H3. The van der Waals surface area contributed by atoms with Gasteiger partial charge in [0.1, 0.15) is 5.82 Å². The second kappa shape index (κ2) is 6.41. The molecule has 0 unspecified atom stereocenters. The molecule has 0 aliphatic carbocycles. The molecule has 1 N–H and O–H groups in total. The SMILES string of the molecule is CCn1c(=O)oc2cc(S(=O)(=O)Nc3ccc(F)c(C(F)(F)F)c3)ccc21. The molecule has 3 rings (SSSR count). The summed E-state index contributed by atoms with van der Waals surface area (Å²) in [6, 6.07) is 5.36. The van der Waals surface area contributed by atoms with Crippen molar-refractivity contribution >= 4 is 26.8 Å². The van der Waals surface area contributed by atoms with Crippen molar-refractivity contribution in [3.8, 4) is 0 Å². The van der Waals surface area contributed by atoms with E-state index in [-0.39, 0.29) is 10.5 Å². The molecule has 1 aromatic heterocycles. The van der Waals surface area contributed by atoms with Crippen LogP contribution in [0.25, 0.3) is 11.1 Å². The Morgan fingerprint density at radius 3 is 2.48 bits per heavy atom. The summed E-state index contributed by atoms with van der Waals surface area (Å²) in [4.78, 5) is 11.3. The van der Waals surface area contributed by atoms with Crippen LogP contribution in [-0.4, -0.2) is 13.0 Å². The third-order valence-corrected chi connectivity index (χ3v) is 5.17. The molecule has 0 saturated carbocycles. The molecular formula is C16H12F4N2O4S. The molecule has 2 aromatic carbocycles. The fourth-order valence-corrected chi connectivity index (χ4v) is 3.60. The molecule has 144 valence electrons. The van der Waals surface area contributed by atoms with Gasteiger partial charge in [-0.2, -0.15) is 13.2 Å². The number of alkyl halides is 3. The van der Waals surface area contributed by atoms with Crippen molar-refractivity contribution in [3.63, 3.8) is 0 Å². The number of hydrogen-bond acceptors (Lipinski definition) is 4. The summed E-state index contributed by atoms with van der Waals surface area (Å²) in [6.45, 7) is 2.02. The summed E-state index contributed by atoms with van der Waals surface area (Å²) >= 11 is 0. The lowest BCUT2D eigenvalue weighted by molar-refractivity contribution is -0.139. The minimum Gasteiger partial charge on any atom is -0.408 e. The Hall–Kier alpha value is -2.82. The normalized spacial score (nSPS) is 12.5. The van der Waals surface area contributed by atoms with Crippen molar-refractivity contribution in [2.45, 2.75) is 24.5 Å². The average Bonchev–Trinajstić information content (AvgIpc) is 2.89. The third-order valence-electron chi connectivity index (χ3n) is 3.79. The molecule has 27 heavy (non-hydrogen) atoms. The monoisotopic (exact) mass is 404 g/mol. The molecule has 0 saturated heterocycles. The van der Waals surface area contributed by atoms with Crippen molar-refractivity contribution in [1.82, 2.24) is 4.57 Å². The highest BCUT2D eigenvalue weighted by Gasteiger charge is 2.34. The van der Waals surface area contributed by atoms with Crippen molar-refractivity contribution < 1.29 is 30.4 Å². The lowest BCUT2D eigenvalue weighted by atomic mass is 10.2. The highest BCUT2D eigenvalue weighted by molar-refractivity contribution is 7.92. The minimum absolute atomic E-state index is 0.0137. The third kappa shape index (κ3) is 3.54. The first-order chi connectivity index (χ1) is 12.5. The quantitative estimate of drug-likeness (QED) is 0.674. The predicted molar refractivity (Wildman–Crippen MR) is 88.4 cm³/mol. The number of aryl methyl sites for hydroxylation is 1. The molecule has 11 heteroatoms. The number of benzene rings is 2. The zero-order valence-corrected chi connectivity index (χ0v) is 14.5. The van der Waals surface area contributed by atoms with E-state index in [0.29, 0.717) is 24.2 Å². The second-order valence-corrected chi connectivity index (χ2v) is 7.22. The number of oxazole rings is 1. The summed E-state index contributed by atoms with van der Waals surface area (Å²) in [5.41, 5.74) is -1.66. The molecule has 0 amide bonds. The van der Waals surface area contributed by atoms with Crippen LogP contribution in [0.4, 0.5) is 23.2 Å². The zero-order chi connectivity index (χ0) is 20.0. The van der Waals surface area contributed by atoms with Gasteiger partial charge in [-0.25, -0.2) is 17.6 Å². The Morgan fingerprint density at radius 1 is 1.15 bits per heavy atom. The van der Waals surface area contributed by atoms with Gasteiger partial charge in [0.15, 0.2) is 5.58 Å². The maximum atomic E-state index is 13.3. The molecule has 0 bridgehead atoms. The van der Waals surface area contributed by atoms with E-state index < -0.39 is 39.0 Å². The molecule has 0 aliphatic heterocycles. The number of nitrogens with zero attached hydrogens (tertiary/aromatic N) is 1. The van der Waals surface area contributed by atoms with Gasteiger partial charge in [0.25, 0.3) is 10.0 Å². The summed E-state index contributed by atoms with van der Waals surface area (Å²) in [5, 5.41) is 0. The van der Waals surface area contributed by atoms with Gasteiger partial charge in [-0.1, -0.05) is 0 Å². The highest BCUT2D eigenvalue weighted by Crippen LogP contribution is 2.33. The fourth-order valence-electron chi connectivity index (χ4n) is 2.53. The Balaban J connectivity index is 2.00. The van der Waals surface area contributed by atoms with Gasteiger partial charge in [0.2, 0.25) is 0 Å². The van der Waals surface area contributed by atoms with Gasteiger partial charge in [0, 0.05) is 18.3 Å². The highest BCUT2D eigenvalue weighted by atomic mass is 32.2. The lowest BCUT2D eigenvalue weighted by Crippen LogP contribution is -2.15. The Bertz CT molecular complexity index is 1180. The topological polar surface area (TPSA) is 81.3 Å². The molecule has 3 aromatic rings. The molecule has 0 atom stereocenters. The molecule has 0 spiro atoms. The van der Waals surface area contributed by atoms with Gasteiger partial charge in [-0.15, -0.1) is 0 Å². The second-order valence-electron chi connectivity index (χ2n) is 5.54. The van der Waals surface area contributed by atoms with Gasteiger partial charge in [0.05, 0.1) is 16.0 Å². The number of nitrogens with one attached hydrogen (secondary N) is 1. The summed E-state index contributed by atoms with van der Waals surface area (Å²) < 4.78 is 84.7. The van der Waals surface area contributed by atoms with Crippen molar-refractivity contribution in [2.24, 2.45) is 0 Å². The van der Waals surface area contributed by atoms with Crippen LogP contribution in [0.5, 0.6) is 0 Å². The molecular weight excluding hydrogens is 392 g/mol. The van der Waals surface area contributed by atoms with E-state index in [9.17, 15) is 30.8 Å². The van der Waals surface area contributed by atoms with Crippen LogP contribution in [0.15, 0.2) is 50.5 Å². The van der Waals surface area contributed by atoms with Gasteiger partial charge < -0.3 is 4.42 Å². The molecule has 0 aliphatic rings. The van der Waals surface area contributed by atoms with Crippen molar-refractivity contribution in [2.75, 3.05) is 4.72 Å². The lowest BCUT2D eigenvalue weighted by Gasteiger charge is -2.12. The largest absolute Gasteiger partial charge is 0.419 e. The first-order valence-corrected chi connectivity index (χ1v) is 9.04. The van der Waals surface area contributed by atoms with Crippen LogP contribution in [-0.2, 0) is 22.7 Å². The number of sulfonamides is 1. The van der Waals surface area contributed by atoms with Crippen LogP contribution in [0.1, 0.15) is 12.5 Å². The predicted octanol–water partition coefficient (Wildman–Crippen LogP) is 3.57. The van der Waals surface area contributed by atoms with E-state index in [1.165, 1.54) is 16.7 Å². The molecule has 1 heterocycles. The van der Waals surface area contributed by atoms with Crippen LogP contribution in [0, 0.1) is 5.82 Å². The molecule has 6 nitrogen and oxygen atoms in total. The van der Waals surface area contributed by atoms with Crippen LogP contribution in [0.3, 0.4) is 0 Å². The van der Waals surface area contributed by atoms with Crippen LogP contribution < -0.4 is 10.5 Å². The van der Waals surface area contributed by atoms with Gasteiger partial charge in [-0.05, 0) is 37.3 Å². The van der Waals surface area contributed by atoms with Crippen LogP contribution in [0.2, 0.25) is 0 Å². The van der Waals surface area contributed by atoms with E-state index in [0.717, 1.165) is 12.1 Å². The van der Waals surface area contributed by atoms with E-state index in [2.05, 4.69) is 0 Å². The first kappa shape index (κ1) is 19.0. The number of hydrogen-bond donors (Lipinski definition) is 1.